The SMILES string of the molecule is Cc1ccccc1-c1cc(-c2ccc(-c3ccc(-c4ccc(-c5ccc(-c6ccc7c(c6)c6c(C)cccc6n7-c6ccc(C(C)(C)C)cc6)cc5)s4)s3)cc2)ccc1C. The highest BCUT2D eigenvalue weighted by molar-refractivity contribution is 7.25. The van der Waals surface area contributed by atoms with Crippen molar-refractivity contribution in [2.45, 2.75) is 47.0 Å². The summed E-state index contributed by atoms with van der Waals surface area (Å²) < 4.78 is 2.42. The molecule has 0 fully saturated rings. The van der Waals surface area contributed by atoms with E-state index in [4.69, 9.17) is 0 Å². The number of thiophene rings is 2. The number of fused-ring (bicyclic) bond motifs is 3. The van der Waals surface area contributed by atoms with Crippen LogP contribution in [0.15, 0.2) is 176 Å². The maximum absolute atomic E-state index is 2.42. The molecule has 7 aromatic carbocycles. The molecule has 0 aliphatic heterocycles. The highest BCUT2D eigenvalue weighted by atomic mass is 32.1. The van der Waals surface area contributed by atoms with Crippen LogP contribution in [-0.4, -0.2) is 4.57 Å². The molecule has 0 aliphatic carbocycles. The van der Waals surface area contributed by atoms with Crippen LogP contribution in [0.2, 0.25) is 0 Å². The summed E-state index contributed by atoms with van der Waals surface area (Å²) in [4.78, 5) is 5.17. The van der Waals surface area contributed by atoms with Gasteiger partial charge < -0.3 is 4.57 Å². The second-order valence-corrected chi connectivity index (χ2v) is 19.3. The molecular formula is C57H47NS2. The normalized spacial score (nSPS) is 11.8. The predicted octanol–water partition coefficient (Wildman–Crippen LogP) is 17.1. The van der Waals surface area contributed by atoms with Gasteiger partial charge in [0.1, 0.15) is 0 Å². The van der Waals surface area contributed by atoms with E-state index in [1.807, 2.05) is 22.7 Å². The van der Waals surface area contributed by atoms with Gasteiger partial charge in [0, 0.05) is 36.0 Å². The monoisotopic (exact) mass is 809 g/mol. The van der Waals surface area contributed by atoms with Crippen LogP contribution in [0.25, 0.3) is 91.5 Å². The van der Waals surface area contributed by atoms with Crippen molar-refractivity contribution >= 4 is 44.5 Å². The zero-order valence-electron chi connectivity index (χ0n) is 35.0. The first-order chi connectivity index (χ1) is 29.1. The van der Waals surface area contributed by atoms with Gasteiger partial charge in [-0.1, -0.05) is 136 Å². The standard InChI is InChI=1S/C57H47NS2/c1-36-10-7-8-12-47(36)48-34-43(15-14-37(48)2)39-16-20-41(21-17-39)52-30-32-54(59-52)55-33-31-53(60-55)42-22-18-40(19-23-42)44-24-29-50-49(35-44)56-38(3)11-9-13-51(56)58(50)46-27-25-45(26-28-46)57(4,5)6/h7-35H,1-6H3. The summed E-state index contributed by atoms with van der Waals surface area (Å²) in [6.45, 7) is 13.4. The third kappa shape index (κ3) is 6.92. The topological polar surface area (TPSA) is 4.93 Å². The van der Waals surface area contributed by atoms with Gasteiger partial charge in [0.25, 0.3) is 0 Å². The lowest BCUT2D eigenvalue weighted by atomic mass is 9.87. The highest BCUT2D eigenvalue weighted by Crippen LogP contribution is 2.42. The first-order valence-corrected chi connectivity index (χ1v) is 22.5. The van der Waals surface area contributed by atoms with Gasteiger partial charge in [-0.2, -0.15) is 0 Å². The van der Waals surface area contributed by atoms with Gasteiger partial charge in [-0.3, -0.25) is 0 Å². The summed E-state index contributed by atoms with van der Waals surface area (Å²) in [6.07, 6.45) is 0. The van der Waals surface area contributed by atoms with Gasteiger partial charge in [-0.25, -0.2) is 0 Å². The lowest BCUT2D eigenvalue weighted by Gasteiger charge is -2.19. The Bertz CT molecular complexity index is 3180. The molecule has 1 nitrogen and oxygen atoms in total. The minimum atomic E-state index is 0.117. The van der Waals surface area contributed by atoms with Gasteiger partial charge in [-0.15, -0.1) is 22.7 Å². The maximum Gasteiger partial charge on any atom is 0.0543 e. The van der Waals surface area contributed by atoms with Crippen molar-refractivity contribution in [2.24, 2.45) is 0 Å². The fourth-order valence-electron chi connectivity index (χ4n) is 8.69. The van der Waals surface area contributed by atoms with Crippen LogP contribution in [0.1, 0.15) is 43.0 Å². The van der Waals surface area contributed by atoms with Gasteiger partial charge in [0.15, 0.2) is 0 Å². The number of hydrogen-bond acceptors (Lipinski definition) is 2. The molecule has 0 atom stereocenters. The molecule has 0 saturated carbocycles. The Balaban J connectivity index is 0.882. The van der Waals surface area contributed by atoms with Crippen molar-refractivity contribution < 1.29 is 0 Å². The molecule has 3 heterocycles. The van der Waals surface area contributed by atoms with E-state index in [1.165, 1.54) is 114 Å². The van der Waals surface area contributed by atoms with Crippen molar-refractivity contribution in [2.75, 3.05) is 0 Å². The van der Waals surface area contributed by atoms with Crippen LogP contribution in [0, 0.1) is 20.8 Å². The predicted molar refractivity (Wildman–Crippen MR) is 262 cm³/mol. The van der Waals surface area contributed by atoms with Crippen LogP contribution >= 0.6 is 22.7 Å². The molecule has 0 spiro atoms. The van der Waals surface area contributed by atoms with E-state index < -0.39 is 0 Å². The average Bonchev–Trinajstić information content (AvgIpc) is 4.03. The molecule has 0 unspecified atom stereocenters. The molecule has 60 heavy (non-hydrogen) atoms. The zero-order valence-corrected chi connectivity index (χ0v) is 36.6. The zero-order chi connectivity index (χ0) is 41.1. The van der Waals surface area contributed by atoms with Crippen molar-refractivity contribution in [3.05, 3.63) is 198 Å². The van der Waals surface area contributed by atoms with E-state index in [9.17, 15) is 0 Å². The van der Waals surface area contributed by atoms with Crippen molar-refractivity contribution in [3.63, 3.8) is 0 Å². The van der Waals surface area contributed by atoms with Crippen LogP contribution in [-0.2, 0) is 5.41 Å². The minimum Gasteiger partial charge on any atom is -0.309 e. The third-order valence-electron chi connectivity index (χ3n) is 12.1. The molecule has 3 heteroatoms. The molecule has 0 bridgehead atoms. The molecule has 0 radical (unpaired) electrons. The molecule has 0 N–H and O–H groups in total. The number of hydrogen-bond donors (Lipinski definition) is 0. The lowest BCUT2D eigenvalue weighted by molar-refractivity contribution is 0.590. The van der Waals surface area contributed by atoms with Crippen molar-refractivity contribution in [1.29, 1.82) is 0 Å². The van der Waals surface area contributed by atoms with Crippen molar-refractivity contribution in [1.82, 2.24) is 4.57 Å². The molecule has 0 saturated heterocycles. The minimum absolute atomic E-state index is 0.117. The highest BCUT2D eigenvalue weighted by Gasteiger charge is 2.18. The Hall–Kier alpha value is -6.26. The molecule has 10 aromatic rings. The van der Waals surface area contributed by atoms with Gasteiger partial charge in [0.2, 0.25) is 0 Å². The maximum atomic E-state index is 2.42. The summed E-state index contributed by atoms with van der Waals surface area (Å²) >= 11 is 3.73. The van der Waals surface area contributed by atoms with Crippen molar-refractivity contribution in [3.8, 4) is 69.7 Å². The summed E-state index contributed by atoms with van der Waals surface area (Å²) in [5, 5.41) is 2.61. The Morgan fingerprint density at radius 3 is 1.52 bits per heavy atom. The van der Waals surface area contributed by atoms with E-state index in [0.717, 1.165) is 0 Å². The molecule has 0 amide bonds. The largest absolute Gasteiger partial charge is 0.309 e. The number of rotatable bonds is 7. The number of aromatic nitrogens is 1. The first-order valence-electron chi connectivity index (χ1n) is 20.8. The molecule has 10 rings (SSSR count). The molecule has 3 aromatic heterocycles. The van der Waals surface area contributed by atoms with E-state index in [1.54, 1.807) is 0 Å². The fourth-order valence-corrected chi connectivity index (χ4v) is 10.8. The van der Waals surface area contributed by atoms with Gasteiger partial charge in [-0.05, 0) is 154 Å². The molecule has 292 valence electrons. The molecular weight excluding hydrogens is 763 g/mol. The Morgan fingerprint density at radius 2 is 0.900 bits per heavy atom. The summed E-state index contributed by atoms with van der Waals surface area (Å²) in [6, 6.07) is 65.5. The number of benzene rings is 7. The Labute approximate surface area is 361 Å². The number of nitrogens with zero attached hydrogens (tertiary/aromatic N) is 1. The Morgan fingerprint density at radius 1 is 0.383 bits per heavy atom. The quantitative estimate of drug-likeness (QED) is 0.151. The van der Waals surface area contributed by atoms with Crippen LogP contribution in [0.5, 0.6) is 0 Å². The van der Waals surface area contributed by atoms with Gasteiger partial charge >= 0.3 is 0 Å². The van der Waals surface area contributed by atoms with E-state index in [0.29, 0.717) is 0 Å². The second-order valence-electron chi connectivity index (χ2n) is 17.2. The van der Waals surface area contributed by atoms with E-state index >= 15 is 0 Å². The summed E-state index contributed by atoms with van der Waals surface area (Å²) in [5.41, 5.74) is 19.1. The van der Waals surface area contributed by atoms with E-state index in [-0.39, 0.29) is 5.41 Å². The number of aryl methyl sites for hydroxylation is 3. The average molecular weight is 810 g/mol. The first kappa shape index (κ1) is 38.0. The summed E-state index contributed by atoms with van der Waals surface area (Å²) in [7, 11) is 0. The fraction of sp³-hybridized carbons (Fsp3) is 0.123. The van der Waals surface area contributed by atoms with Crippen LogP contribution in [0.3, 0.4) is 0 Å². The smallest absolute Gasteiger partial charge is 0.0543 e. The van der Waals surface area contributed by atoms with Crippen LogP contribution in [0.4, 0.5) is 0 Å². The Kier molecular flexibility index (Phi) is 9.55. The molecule has 0 aliphatic rings. The third-order valence-corrected chi connectivity index (χ3v) is 14.6. The summed E-state index contributed by atoms with van der Waals surface area (Å²) in [5.74, 6) is 0. The van der Waals surface area contributed by atoms with Crippen LogP contribution < -0.4 is 0 Å². The van der Waals surface area contributed by atoms with E-state index in [2.05, 4.69) is 222 Å². The lowest BCUT2D eigenvalue weighted by Crippen LogP contribution is -2.10. The second kappa shape index (κ2) is 15.1. The van der Waals surface area contributed by atoms with Gasteiger partial charge in [0.05, 0.1) is 11.0 Å².